The van der Waals surface area contributed by atoms with Gasteiger partial charge in [-0.1, -0.05) is 41.6 Å². The molecule has 0 aliphatic rings. The molecule has 2 aromatic rings. The normalized spacial score (nSPS) is 10.1. The maximum Gasteiger partial charge on any atom is 0.190 e. The lowest BCUT2D eigenvalue weighted by atomic mass is 10.2. The van der Waals surface area contributed by atoms with E-state index in [4.69, 9.17) is 10.5 Å². The van der Waals surface area contributed by atoms with Gasteiger partial charge in [0, 0.05) is 0 Å². The van der Waals surface area contributed by atoms with Gasteiger partial charge in [-0.15, -0.1) is 5.10 Å². The molecule has 18 heavy (non-hydrogen) atoms. The van der Waals surface area contributed by atoms with Crippen LogP contribution in [0.25, 0.3) is 12.2 Å². The Morgan fingerprint density at radius 2 is 1.94 bits per heavy atom. The Morgan fingerprint density at radius 1 is 1.17 bits per heavy atom. The van der Waals surface area contributed by atoms with Crippen LogP contribution in [0.15, 0.2) is 30.3 Å². The fraction of sp³-hybridized carbons (Fsp3) is 0.0769. The molecule has 0 saturated heterocycles. The van der Waals surface area contributed by atoms with Gasteiger partial charge in [-0.3, -0.25) is 0 Å². The molecule has 0 amide bonds. The molecule has 0 bridgehead atoms. The monoisotopic (exact) mass is 235 g/mol. The van der Waals surface area contributed by atoms with E-state index in [0.717, 1.165) is 5.56 Å². The van der Waals surface area contributed by atoms with Crippen molar-refractivity contribution in [2.45, 2.75) is 6.54 Å². The third-order valence-electron chi connectivity index (χ3n) is 2.33. The van der Waals surface area contributed by atoms with E-state index >= 15 is 0 Å². The summed E-state index contributed by atoms with van der Waals surface area (Å²) in [6.07, 6.45) is 3.60. The highest BCUT2D eigenvalue weighted by atomic mass is 15.4. The van der Waals surface area contributed by atoms with Crippen LogP contribution in [0.3, 0.4) is 0 Å². The molecule has 0 aliphatic heterocycles. The maximum absolute atomic E-state index is 8.91. The Labute approximate surface area is 104 Å². The summed E-state index contributed by atoms with van der Waals surface area (Å²) in [4.78, 5) is 0. The molecule has 0 unspecified atom stereocenters. The van der Waals surface area contributed by atoms with Crippen LogP contribution in [0, 0.1) is 22.7 Å². The van der Waals surface area contributed by atoms with Gasteiger partial charge in [0.05, 0.1) is 6.07 Å². The number of rotatable bonds is 3. The van der Waals surface area contributed by atoms with E-state index in [-0.39, 0.29) is 12.2 Å². The number of benzene rings is 1. The van der Waals surface area contributed by atoms with E-state index in [9.17, 15) is 0 Å². The molecule has 0 spiro atoms. The lowest BCUT2D eigenvalue weighted by Gasteiger charge is -1.96. The zero-order valence-corrected chi connectivity index (χ0v) is 9.48. The van der Waals surface area contributed by atoms with Crippen molar-refractivity contribution in [2.24, 2.45) is 0 Å². The van der Waals surface area contributed by atoms with Gasteiger partial charge in [-0.05, 0) is 11.6 Å². The van der Waals surface area contributed by atoms with Crippen LogP contribution in [0.5, 0.6) is 0 Å². The molecule has 1 aromatic heterocycles. The minimum Gasteiger partial charge on any atom is -0.230 e. The van der Waals surface area contributed by atoms with Crippen molar-refractivity contribution in [3.8, 4) is 12.1 Å². The van der Waals surface area contributed by atoms with Gasteiger partial charge in [0.15, 0.2) is 5.69 Å². The molecule has 1 heterocycles. The van der Waals surface area contributed by atoms with E-state index in [1.165, 1.54) is 4.68 Å². The number of aromatic nitrogens is 3. The van der Waals surface area contributed by atoms with Gasteiger partial charge in [0.1, 0.15) is 18.3 Å². The van der Waals surface area contributed by atoms with Crippen LogP contribution in [-0.2, 0) is 6.54 Å². The standard InChI is InChI=1S/C13H9N5/c14-8-9-18-13(12(10-15)16-17-18)7-6-11-4-2-1-3-5-11/h1-7H,9H2/b7-6+. The first-order valence-electron chi connectivity index (χ1n) is 5.29. The number of nitrogens with zero attached hydrogens (tertiary/aromatic N) is 5. The highest BCUT2D eigenvalue weighted by molar-refractivity contribution is 5.69. The van der Waals surface area contributed by atoms with Crippen molar-refractivity contribution in [2.75, 3.05) is 0 Å². The second-order valence-corrected chi connectivity index (χ2v) is 3.49. The number of hydrogen-bond acceptors (Lipinski definition) is 4. The van der Waals surface area contributed by atoms with Gasteiger partial charge < -0.3 is 0 Å². The zero-order valence-electron chi connectivity index (χ0n) is 9.48. The molecule has 1 aromatic carbocycles. The Morgan fingerprint density at radius 3 is 2.61 bits per heavy atom. The van der Waals surface area contributed by atoms with Crippen LogP contribution in [0.4, 0.5) is 0 Å². The van der Waals surface area contributed by atoms with Crippen molar-refractivity contribution < 1.29 is 0 Å². The molecule has 2 rings (SSSR count). The quantitative estimate of drug-likeness (QED) is 0.813. The SMILES string of the molecule is N#CCn1nnc(C#N)c1/C=C/c1ccccc1. The Bertz CT molecular complexity index is 640. The molecule has 0 atom stereocenters. The Balaban J connectivity index is 2.34. The molecule has 0 saturated carbocycles. The van der Waals surface area contributed by atoms with Gasteiger partial charge in [-0.25, -0.2) is 4.68 Å². The van der Waals surface area contributed by atoms with Crippen LogP contribution in [0.2, 0.25) is 0 Å². The predicted molar refractivity (Wildman–Crippen MR) is 65.7 cm³/mol. The third-order valence-corrected chi connectivity index (χ3v) is 2.33. The first kappa shape index (κ1) is 11.6. The average Bonchev–Trinajstić information content (AvgIpc) is 2.80. The molecule has 5 heteroatoms. The highest BCUT2D eigenvalue weighted by Gasteiger charge is 2.08. The first-order chi connectivity index (χ1) is 8.85. The second kappa shape index (κ2) is 5.42. The molecule has 5 nitrogen and oxygen atoms in total. The van der Waals surface area contributed by atoms with Crippen molar-refractivity contribution in [3.63, 3.8) is 0 Å². The predicted octanol–water partition coefficient (Wildman–Crippen LogP) is 1.84. The summed E-state index contributed by atoms with van der Waals surface area (Å²) in [5.74, 6) is 0. The summed E-state index contributed by atoms with van der Waals surface area (Å²) in [5, 5.41) is 25.1. The summed E-state index contributed by atoms with van der Waals surface area (Å²) in [6.45, 7) is 0.0726. The molecule has 0 fully saturated rings. The lowest BCUT2D eigenvalue weighted by molar-refractivity contribution is 0.663. The van der Waals surface area contributed by atoms with E-state index in [1.807, 2.05) is 48.5 Å². The van der Waals surface area contributed by atoms with Crippen LogP contribution in [-0.4, -0.2) is 15.0 Å². The molecule has 0 N–H and O–H groups in total. The molecule has 0 radical (unpaired) electrons. The minimum atomic E-state index is 0.0726. The summed E-state index contributed by atoms with van der Waals surface area (Å²) < 4.78 is 1.40. The molecular formula is C13H9N5. The second-order valence-electron chi connectivity index (χ2n) is 3.49. The van der Waals surface area contributed by atoms with Crippen LogP contribution >= 0.6 is 0 Å². The topological polar surface area (TPSA) is 78.3 Å². The lowest BCUT2D eigenvalue weighted by Crippen LogP contribution is -2.00. The van der Waals surface area contributed by atoms with E-state index in [2.05, 4.69) is 10.3 Å². The van der Waals surface area contributed by atoms with E-state index < -0.39 is 0 Å². The van der Waals surface area contributed by atoms with Crippen molar-refractivity contribution >= 4 is 12.2 Å². The third kappa shape index (κ3) is 2.42. The maximum atomic E-state index is 8.91. The van der Waals surface area contributed by atoms with Gasteiger partial charge in [0.2, 0.25) is 0 Å². The summed E-state index contributed by atoms with van der Waals surface area (Å²) in [7, 11) is 0. The Hall–Kier alpha value is -2.92. The molecule has 0 aliphatic carbocycles. The fourth-order valence-corrected chi connectivity index (χ4v) is 1.49. The van der Waals surface area contributed by atoms with Gasteiger partial charge >= 0.3 is 0 Å². The van der Waals surface area contributed by atoms with Crippen molar-refractivity contribution in [3.05, 3.63) is 47.3 Å². The Kier molecular flexibility index (Phi) is 3.48. The van der Waals surface area contributed by atoms with Crippen LogP contribution in [0.1, 0.15) is 17.0 Å². The zero-order chi connectivity index (χ0) is 12.8. The number of hydrogen-bond donors (Lipinski definition) is 0. The minimum absolute atomic E-state index is 0.0726. The summed E-state index contributed by atoms with van der Waals surface area (Å²) in [6, 6.07) is 13.6. The summed E-state index contributed by atoms with van der Waals surface area (Å²) >= 11 is 0. The number of nitriles is 2. The highest BCUT2D eigenvalue weighted by Crippen LogP contribution is 2.10. The smallest absolute Gasteiger partial charge is 0.190 e. The van der Waals surface area contributed by atoms with Crippen molar-refractivity contribution in [1.82, 2.24) is 15.0 Å². The largest absolute Gasteiger partial charge is 0.230 e. The summed E-state index contributed by atoms with van der Waals surface area (Å²) in [5.41, 5.74) is 1.77. The fourth-order valence-electron chi connectivity index (χ4n) is 1.49. The molecular weight excluding hydrogens is 226 g/mol. The van der Waals surface area contributed by atoms with Crippen LogP contribution < -0.4 is 0 Å². The van der Waals surface area contributed by atoms with Gasteiger partial charge in [-0.2, -0.15) is 10.5 Å². The van der Waals surface area contributed by atoms with Crippen molar-refractivity contribution in [1.29, 1.82) is 10.5 Å². The first-order valence-corrected chi connectivity index (χ1v) is 5.29. The van der Waals surface area contributed by atoms with E-state index in [1.54, 1.807) is 6.08 Å². The molecule has 86 valence electrons. The van der Waals surface area contributed by atoms with Gasteiger partial charge in [0.25, 0.3) is 0 Å². The average molecular weight is 235 g/mol. The van der Waals surface area contributed by atoms with E-state index in [0.29, 0.717) is 5.69 Å².